The van der Waals surface area contributed by atoms with E-state index in [2.05, 4.69) is 0 Å². The summed E-state index contributed by atoms with van der Waals surface area (Å²) < 4.78 is 15.8. The van der Waals surface area contributed by atoms with Crippen LogP contribution in [-0.2, 0) is 27.2 Å². The van der Waals surface area contributed by atoms with Gasteiger partial charge in [0.2, 0.25) is 5.91 Å². The average molecular weight is 446 g/mol. The van der Waals surface area contributed by atoms with Gasteiger partial charge in [0, 0.05) is 18.0 Å². The van der Waals surface area contributed by atoms with Gasteiger partial charge in [-0.15, -0.1) is 0 Å². The summed E-state index contributed by atoms with van der Waals surface area (Å²) in [5, 5.41) is 0.699. The first-order valence-electron chi connectivity index (χ1n) is 10.3. The number of ether oxygens (including phenoxy) is 3. The molecule has 0 saturated heterocycles. The predicted molar refractivity (Wildman–Crippen MR) is 119 cm³/mol. The summed E-state index contributed by atoms with van der Waals surface area (Å²) in [7, 11) is 4.52. The zero-order chi connectivity index (χ0) is 22.4. The number of carbonyl (C=O) groups excluding carboxylic acids is 2. The van der Waals surface area contributed by atoms with Gasteiger partial charge < -0.3 is 19.1 Å². The number of nitrogens with zero attached hydrogens (tertiary/aromatic N) is 1. The molecule has 1 atom stereocenters. The average Bonchev–Trinajstić information content (AvgIpc) is 2.79. The van der Waals surface area contributed by atoms with Crippen molar-refractivity contribution in [2.75, 3.05) is 27.9 Å². The molecule has 1 unspecified atom stereocenters. The number of carbonyl (C=O) groups is 2. The molecule has 0 saturated carbocycles. The molecule has 1 aliphatic heterocycles. The Labute approximate surface area is 188 Å². The van der Waals surface area contributed by atoms with Crippen molar-refractivity contribution in [2.24, 2.45) is 0 Å². The van der Waals surface area contributed by atoms with Crippen molar-refractivity contribution < 1.29 is 23.8 Å². The Morgan fingerprint density at radius 1 is 1.06 bits per heavy atom. The van der Waals surface area contributed by atoms with Crippen LogP contribution >= 0.6 is 11.6 Å². The zero-order valence-corrected chi connectivity index (χ0v) is 18.9. The molecule has 0 N–H and O–H groups in total. The maximum absolute atomic E-state index is 13.1. The molecule has 0 bridgehead atoms. The third-order valence-corrected chi connectivity index (χ3v) is 5.93. The Balaban J connectivity index is 1.77. The van der Waals surface area contributed by atoms with Crippen LogP contribution in [0, 0.1) is 0 Å². The number of hydrogen-bond acceptors (Lipinski definition) is 5. The van der Waals surface area contributed by atoms with Crippen LogP contribution < -0.4 is 9.47 Å². The second-order valence-corrected chi connectivity index (χ2v) is 7.96. The number of aryl methyl sites for hydroxylation is 1. The minimum absolute atomic E-state index is 0.0308. The number of rotatable bonds is 8. The SMILES string of the molecule is COC(=O)CC1c2cc(OC)c(OC)cc2CCN1C(=O)CCCc1ccc(Cl)cc1. The van der Waals surface area contributed by atoms with Crippen LogP contribution in [0.3, 0.4) is 0 Å². The molecule has 0 aliphatic carbocycles. The Morgan fingerprint density at radius 2 is 1.74 bits per heavy atom. The molecular formula is C24H28ClNO5. The largest absolute Gasteiger partial charge is 0.493 e. The number of amides is 1. The van der Waals surface area contributed by atoms with Crippen LogP contribution in [-0.4, -0.2) is 44.7 Å². The molecule has 0 aromatic heterocycles. The van der Waals surface area contributed by atoms with E-state index in [1.54, 1.807) is 19.1 Å². The lowest BCUT2D eigenvalue weighted by Crippen LogP contribution is -2.41. The summed E-state index contributed by atoms with van der Waals surface area (Å²) in [4.78, 5) is 27.0. The van der Waals surface area contributed by atoms with Crippen molar-refractivity contribution in [2.45, 2.75) is 38.1 Å². The zero-order valence-electron chi connectivity index (χ0n) is 18.2. The smallest absolute Gasteiger partial charge is 0.307 e. The predicted octanol–water partition coefficient (Wildman–Crippen LogP) is 4.37. The summed E-state index contributed by atoms with van der Waals surface area (Å²) in [6.07, 6.45) is 2.71. The van der Waals surface area contributed by atoms with Gasteiger partial charge in [0.05, 0.1) is 33.8 Å². The molecule has 31 heavy (non-hydrogen) atoms. The highest BCUT2D eigenvalue weighted by Gasteiger charge is 2.33. The maximum atomic E-state index is 13.1. The van der Waals surface area contributed by atoms with Gasteiger partial charge in [-0.3, -0.25) is 9.59 Å². The Bertz CT molecular complexity index is 928. The van der Waals surface area contributed by atoms with Gasteiger partial charge in [0.15, 0.2) is 11.5 Å². The van der Waals surface area contributed by atoms with Crippen molar-refractivity contribution in [1.82, 2.24) is 4.90 Å². The van der Waals surface area contributed by atoms with Gasteiger partial charge in [-0.1, -0.05) is 23.7 Å². The molecule has 6 nitrogen and oxygen atoms in total. The number of benzene rings is 2. The quantitative estimate of drug-likeness (QED) is 0.564. The monoisotopic (exact) mass is 445 g/mol. The van der Waals surface area contributed by atoms with Gasteiger partial charge in [-0.05, 0) is 60.2 Å². The van der Waals surface area contributed by atoms with Crippen molar-refractivity contribution in [1.29, 1.82) is 0 Å². The first-order chi connectivity index (χ1) is 15.0. The molecule has 3 rings (SSSR count). The van der Waals surface area contributed by atoms with E-state index in [0.29, 0.717) is 35.9 Å². The van der Waals surface area contributed by atoms with E-state index in [9.17, 15) is 9.59 Å². The summed E-state index contributed by atoms with van der Waals surface area (Å²) in [6, 6.07) is 11.1. The van der Waals surface area contributed by atoms with Crippen LogP contribution in [0.2, 0.25) is 5.02 Å². The van der Waals surface area contributed by atoms with Crippen LogP contribution in [0.25, 0.3) is 0 Å². The van der Waals surface area contributed by atoms with Crippen molar-refractivity contribution >= 4 is 23.5 Å². The summed E-state index contributed by atoms with van der Waals surface area (Å²) in [5.41, 5.74) is 3.10. The fourth-order valence-corrected chi connectivity index (χ4v) is 4.15. The standard InChI is InChI=1S/C24H28ClNO5/c1-29-21-13-17-11-12-26(20(15-24(28)31-3)19(17)14-22(21)30-2)23(27)6-4-5-16-7-9-18(25)10-8-16/h7-10,13-14,20H,4-6,11-12,15H2,1-3H3. The fourth-order valence-electron chi connectivity index (χ4n) is 4.03. The first kappa shape index (κ1) is 22.9. The molecule has 1 aliphatic rings. The highest BCUT2D eigenvalue weighted by atomic mass is 35.5. The third kappa shape index (κ3) is 5.50. The lowest BCUT2D eigenvalue weighted by atomic mass is 9.89. The summed E-state index contributed by atoms with van der Waals surface area (Å²) in [5.74, 6) is 0.892. The molecule has 0 radical (unpaired) electrons. The van der Waals surface area contributed by atoms with E-state index < -0.39 is 0 Å². The highest BCUT2D eigenvalue weighted by Crippen LogP contribution is 2.40. The molecule has 2 aromatic carbocycles. The first-order valence-corrected chi connectivity index (χ1v) is 10.7. The van der Waals surface area contributed by atoms with Crippen LogP contribution in [0.1, 0.15) is 42.0 Å². The highest BCUT2D eigenvalue weighted by molar-refractivity contribution is 6.30. The van der Waals surface area contributed by atoms with Crippen LogP contribution in [0.15, 0.2) is 36.4 Å². The maximum Gasteiger partial charge on any atom is 0.307 e. The fraction of sp³-hybridized carbons (Fsp3) is 0.417. The van der Waals surface area contributed by atoms with Gasteiger partial charge in [0.25, 0.3) is 0 Å². The van der Waals surface area contributed by atoms with Crippen LogP contribution in [0.4, 0.5) is 0 Å². The van der Waals surface area contributed by atoms with E-state index in [0.717, 1.165) is 29.5 Å². The van der Waals surface area contributed by atoms with E-state index in [1.807, 2.05) is 36.4 Å². The van der Waals surface area contributed by atoms with E-state index in [-0.39, 0.29) is 24.3 Å². The Hall–Kier alpha value is -2.73. The van der Waals surface area contributed by atoms with Crippen LogP contribution in [0.5, 0.6) is 11.5 Å². The van der Waals surface area contributed by atoms with Gasteiger partial charge >= 0.3 is 5.97 Å². The number of esters is 1. The lowest BCUT2D eigenvalue weighted by molar-refractivity contribution is -0.144. The van der Waals surface area contributed by atoms with Gasteiger partial charge in [-0.2, -0.15) is 0 Å². The summed E-state index contributed by atoms with van der Waals surface area (Å²) >= 11 is 5.93. The molecule has 166 valence electrons. The Morgan fingerprint density at radius 3 is 2.39 bits per heavy atom. The lowest BCUT2D eigenvalue weighted by Gasteiger charge is -2.37. The minimum Gasteiger partial charge on any atom is -0.493 e. The van der Waals surface area contributed by atoms with Crippen molar-refractivity contribution in [3.05, 3.63) is 58.1 Å². The molecule has 0 fully saturated rings. The normalized spacial score (nSPS) is 15.2. The third-order valence-electron chi connectivity index (χ3n) is 5.68. The molecule has 7 heteroatoms. The van der Waals surface area contributed by atoms with Gasteiger partial charge in [-0.25, -0.2) is 0 Å². The van der Waals surface area contributed by atoms with E-state index in [1.165, 1.54) is 7.11 Å². The molecule has 2 aromatic rings. The molecular weight excluding hydrogens is 418 g/mol. The second-order valence-electron chi connectivity index (χ2n) is 7.52. The number of halogens is 1. The number of methoxy groups -OCH3 is 3. The minimum atomic E-state index is -0.390. The van der Waals surface area contributed by atoms with Gasteiger partial charge in [0.1, 0.15) is 0 Å². The second kappa shape index (κ2) is 10.5. The topological polar surface area (TPSA) is 65.1 Å². The van der Waals surface area contributed by atoms with Crippen molar-refractivity contribution in [3.63, 3.8) is 0 Å². The Kier molecular flexibility index (Phi) is 7.80. The molecule has 1 amide bonds. The summed E-state index contributed by atoms with van der Waals surface area (Å²) in [6.45, 7) is 0.546. The van der Waals surface area contributed by atoms with E-state index in [4.69, 9.17) is 25.8 Å². The number of hydrogen-bond donors (Lipinski definition) is 0. The van der Waals surface area contributed by atoms with Crippen molar-refractivity contribution in [3.8, 4) is 11.5 Å². The number of fused-ring (bicyclic) bond motifs is 1. The molecule has 0 spiro atoms. The molecule has 1 heterocycles. The van der Waals surface area contributed by atoms with E-state index >= 15 is 0 Å².